The Hall–Kier alpha value is -0.440. The number of thiophene rings is 1. The lowest BCUT2D eigenvalue weighted by molar-refractivity contribution is 1.13. The van der Waals surface area contributed by atoms with Gasteiger partial charge in [0.25, 0.3) is 0 Å². The van der Waals surface area contributed by atoms with E-state index in [4.69, 9.17) is 11.6 Å². The molecule has 0 saturated heterocycles. The van der Waals surface area contributed by atoms with Crippen LogP contribution >= 0.6 is 34.7 Å². The molecule has 0 N–H and O–H groups in total. The van der Waals surface area contributed by atoms with Gasteiger partial charge in [0.05, 0.1) is 5.38 Å². The summed E-state index contributed by atoms with van der Waals surface area (Å²) in [5, 5.41) is 0.00574. The normalized spacial score (nSPS) is 16.3. The Kier molecular flexibility index (Phi) is 3.69. The Morgan fingerprint density at radius 2 is 2.00 bits per heavy atom. The summed E-state index contributed by atoms with van der Waals surface area (Å²) < 4.78 is 0. The van der Waals surface area contributed by atoms with Crippen LogP contribution in [0.3, 0.4) is 0 Å². The third-order valence-corrected chi connectivity index (χ3v) is 6.19. The summed E-state index contributed by atoms with van der Waals surface area (Å²) in [5.74, 6) is 2.41. The standard InChI is InChI=1S/C15H15ClS2/c1-10-2-4-11(5-3-10)15(16)14-8-12-9-17-7-6-13(12)18-14/h2-5,8,15H,6-7,9H2,1H3. The summed E-state index contributed by atoms with van der Waals surface area (Å²) in [6, 6.07) is 10.9. The molecule has 0 radical (unpaired) electrons. The average Bonchev–Trinajstić information content (AvgIpc) is 2.82. The number of fused-ring (bicyclic) bond motifs is 1. The molecule has 0 aliphatic carbocycles. The highest BCUT2D eigenvalue weighted by molar-refractivity contribution is 7.98. The number of thioether (sulfide) groups is 1. The predicted octanol–water partition coefficient (Wildman–Crippen LogP) is 5.17. The molecule has 0 fully saturated rings. The van der Waals surface area contributed by atoms with Crippen molar-refractivity contribution in [2.45, 2.75) is 24.5 Å². The van der Waals surface area contributed by atoms with Crippen LogP contribution in [0.5, 0.6) is 0 Å². The quantitative estimate of drug-likeness (QED) is 0.688. The van der Waals surface area contributed by atoms with Gasteiger partial charge in [0.2, 0.25) is 0 Å². The van der Waals surface area contributed by atoms with Gasteiger partial charge in [-0.3, -0.25) is 0 Å². The van der Waals surface area contributed by atoms with E-state index >= 15 is 0 Å². The van der Waals surface area contributed by atoms with Crippen molar-refractivity contribution in [2.24, 2.45) is 0 Å². The molecular formula is C15H15ClS2. The van der Waals surface area contributed by atoms with Gasteiger partial charge in [-0.15, -0.1) is 22.9 Å². The van der Waals surface area contributed by atoms with E-state index in [0.717, 1.165) is 5.75 Å². The first-order valence-electron chi connectivity index (χ1n) is 6.14. The summed E-state index contributed by atoms with van der Waals surface area (Å²) in [6.45, 7) is 2.11. The molecule has 2 heterocycles. The van der Waals surface area contributed by atoms with Crippen LogP contribution in [0.2, 0.25) is 0 Å². The van der Waals surface area contributed by atoms with E-state index in [-0.39, 0.29) is 5.38 Å². The van der Waals surface area contributed by atoms with E-state index < -0.39 is 0 Å². The van der Waals surface area contributed by atoms with Crippen LogP contribution in [0.4, 0.5) is 0 Å². The van der Waals surface area contributed by atoms with E-state index in [9.17, 15) is 0 Å². The zero-order chi connectivity index (χ0) is 12.5. The Balaban J connectivity index is 1.89. The highest BCUT2D eigenvalue weighted by Crippen LogP contribution is 2.39. The molecule has 1 aromatic heterocycles. The van der Waals surface area contributed by atoms with Crippen LogP contribution in [0, 0.1) is 6.92 Å². The molecule has 3 rings (SSSR count). The fraction of sp³-hybridized carbons (Fsp3) is 0.333. The molecule has 1 unspecified atom stereocenters. The molecule has 18 heavy (non-hydrogen) atoms. The summed E-state index contributed by atoms with van der Waals surface area (Å²) >= 11 is 10.5. The number of hydrogen-bond donors (Lipinski definition) is 0. The van der Waals surface area contributed by atoms with Crippen molar-refractivity contribution in [3.63, 3.8) is 0 Å². The third kappa shape index (κ3) is 2.47. The van der Waals surface area contributed by atoms with Crippen molar-refractivity contribution in [1.82, 2.24) is 0 Å². The fourth-order valence-corrected chi connectivity index (χ4v) is 4.92. The van der Waals surface area contributed by atoms with Gasteiger partial charge in [0.15, 0.2) is 0 Å². The van der Waals surface area contributed by atoms with Crippen LogP contribution in [0.1, 0.15) is 31.8 Å². The van der Waals surface area contributed by atoms with Crippen molar-refractivity contribution in [3.05, 3.63) is 56.8 Å². The molecule has 0 amide bonds. The summed E-state index contributed by atoms with van der Waals surface area (Å²) in [7, 11) is 0. The first-order valence-corrected chi connectivity index (χ1v) is 8.54. The Morgan fingerprint density at radius 3 is 2.72 bits per heavy atom. The van der Waals surface area contributed by atoms with Gasteiger partial charge in [-0.1, -0.05) is 29.8 Å². The molecule has 94 valence electrons. The molecule has 0 bridgehead atoms. The molecule has 1 aromatic carbocycles. The minimum absolute atomic E-state index is 0.00574. The maximum absolute atomic E-state index is 6.61. The number of aryl methyl sites for hydroxylation is 2. The number of hydrogen-bond acceptors (Lipinski definition) is 2. The first-order chi connectivity index (χ1) is 8.74. The van der Waals surface area contributed by atoms with Crippen molar-refractivity contribution >= 4 is 34.7 Å². The monoisotopic (exact) mass is 294 g/mol. The average molecular weight is 295 g/mol. The zero-order valence-electron chi connectivity index (χ0n) is 10.3. The van der Waals surface area contributed by atoms with Gasteiger partial charge in [0, 0.05) is 15.5 Å². The molecule has 1 atom stereocenters. The molecule has 3 heteroatoms. The lowest BCUT2D eigenvalue weighted by Crippen LogP contribution is -1.96. The highest BCUT2D eigenvalue weighted by Gasteiger charge is 2.18. The topological polar surface area (TPSA) is 0 Å². The number of benzene rings is 1. The number of alkyl halides is 1. The van der Waals surface area contributed by atoms with Crippen LogP contribution in [-0.2, 0) is 12.2 Å². The second-order valence-electron chi connectivity index (χ2n) is 4.67. The van der Waals surface area contributed by atoms with E-state index in [1.165, 1.54) is 33.7 Å². The largest absolute Gasteiger partial charge is 0.157 e. The SMILES string of the molecule is Cc1ccc(C(Cl)c2cc3c(s2)CCSC3)cc1. The summed E-state index contributed by atoms with van der Waals surface area (Å²) in [4.78, 5) is 2.84. The third-order valence-electron chi connectivity index (χ3n) is 3.27. The molecule has 0 spiro atoms. The van der Waals surface area contributed by atoms with Crippen LogP contribution in [-0.4, -0.2) is 5.75 Å². The van der Waals surface area contributed by atoms with Gasteiger partial charge < -0.3 is 0 Å². The zero-order valence-corrected chi connectivity index (χ0v) is 12.7. The second-order valence-corrected chi connectivity index (χ2v) is 7.38. The maximum Gasteiger partial charge on any atom is 0.0927 e. The number of halogens is 1. The lowest BCUT2D eigenvalue weighted by Gasteiger charge is -2.08. The molecule has 0 nitrogen and oxygen atoms in total. The van der Waals surface area contributed by atoms with E-state index in [2.05, 4.69) is 37.3 Å². The van der Waals surface area contributed by atoms with Gasteiger partial charge >= 0.3 is 0 Å². The van der Waals surface area contributed by atoms with Crippen LogP contribution in [0.15, 0.2) is 30.3 Å². The first kappa shape index (κ1) is 12.6. The number of rotatable bonds is 2. The highest BCUT2D eigenvalue weighted by atomic mass is 35.5. The summed E-state index contributed by atoms with van der Waals surface area (Å²) in [5.41, 5.74) is 3.99. The lowest BCUT2D eigenvalue weighted by atomic mass is 10.1. The molecule has 1 aliphatic heterocycles. The van der Waals surface area contributed by atoms with Crippen molar-refractivity contribution < 1.29 is 0 Å². The maximum atomic E-state index is 6.61. The van der Waals surface area contributed by atoms with Gasteiger partial charge in [-0.2, -0.15) is 11.8 Å². The minimum Gasteiger partial charge on any atom is -0.157 e. The van der Waals surface area contributed by atoms with Gasteiger partial charge in [-0.25, -0.2) is 0 Å². The Morgan fingerprint density at radius 1 is 1.22 bits per heavy atom. The second kappa shape index (κ2) is 5.28. The van der Waals surface area contributed by atoms with Crippen LogP contribution in [0.25, 0.3) is 0 Å². The minimum atomic E-state index is 0.00574. The molecular weight excluding hydrogens is 280 g/mol. The fourth-order valence-electron chi connectivity index (χ4n) is 2.19. The van der Waals surface area contributed by atoms with E-state index in [0.29, 0.717) is 0 Å². The van der Waals surface area contributed by atoms with Crippen molar-refractivity contribution in [3.8, 4) is 0 Å². The Bertz CT molecular complexity index is 519. The molecule has 0 saturated carbocycles. The van der Waals surface area contributed by atoms with Gasteiger partial charge in [-0.05, 0) is 36.3 Å². The van der Waals surface area contributed by atoms with E-state index in [1.807, 2.05) is 23.1 Å². The van der Waals surface area contributed by atoms with Gasteiger partial charge in [0.1, 0.15) is 0 Å². The Labute approximate surface area is 121 Å². The van der Waals surface area contributed by atoms with Crippen molar-refractivity contribution in [2.75, 3.05) is 5.75 Å². The molecule has 1 aliphatic rings. The smallest absolute Gasteiger partial charge is 0.0927 e. The molecule has 2 aromatic rings. The summed E-state index contributed by atoms with van der Waals surface area (Å²) in [6.07, 6.45) is 1.21. The van der Waals surface area contributed by atoms with E-state index in [1.54, 1.807) is 4.88 Å². The van der Waals surface area contributed by atoms with Crippen LogP contribution < -0.4 is 0 Å². The van der Waals surface area contributed by atoms with Crippen molar-refractivity contribution in [1.29, 1.82) is 0 Å². The predicted molar refractivity (Wildman–Crippen MR) is 83.1 cm³/mol.